The first-order chi connectivity index (χ1) is 22.0. The molecule has 9 heteroatoms. The molecule has 1 aliphatic carbocycles. The topological polar surface area (TPSA) is 9.23 Å². The highest BCUT2D eigenvalue weighted by Crippen LogP contribution is 2.39. The number of unbranched alkanes of at least 4 members (excludes halogenated alkanes) is 2. The number of halogens is 8. The molecule has 4 aromatic rings. The molecule has 1 saturated carbocycles. The van der Waals surface area contributed by atoms with E-state index in [9.17, 15) is 30.7 Å². The van der Waals surface area contributed by atoms with Gasteiger partial charge in [0.1, 0.15) is 28.8 Å². The van der Waals surface area contributed by atoms with Crippen molar-refractivity contribution in [2.75, 3.05) is 0 Å². The Morgan fingerprint density at radius 3 is 1.91 bits per heavy atom. The molecule has 0 aliphatic heterocycles. The predicted octanol–water partition coefficient (Wildman–Crippen LogP) is 12.2. The van der Waals surface area contributed by atoms with Crippen LogP contribution in [0.15, 0.2) is 66.7 Å². The van der Waals surface area contributed by atoms with Gasteiger partial charge < -0.3 is 4.74 Å². The van der Waals surface area contributed by atoms with E-state index >= 15 is 4.39 Å². The normalized spacial score (nSPS) is 17.2. The fourth-order valence-corrected chi connectivity index (χ4v) is 6.36. The third kappa shape index (κ3) is 7.56. The minimum absolute atomic E-state index is 0.114. The van der Waals surface area contributed by atoms with Crippen LogP contribution in [0.4, 0.5) is 35.1 Å². The smallest absolute Gasteiger partial charge is 0.429 e. The minimum atomic E-state index is -4.74. The van der Waals surface area contributed by atoms with Crippen LogP contribution in [0.25, 0.3) is 22.3 Å². The van der Waals surface area contributed by atoms with Crippen LogP contribution < -0.4 is 4.74 Å². The summed E-state index contributed by atoms with van der Waals surface area (Å²) < 4.78 is 119. The van der Waals surface area contributed by atoms with Crippen molar-refractivity contribution in [1.82, 2.24) is 0 Å². The van der Waals surface area contributed by atoms with Crippen molar-refractivity contribution >= 4 is 0 Å². The lowest BCUT2D eigenvalue weighted by Gasteiger charge is -2.20. The van der Waals surface area contributed by atoms with E-state index in [0.29, 0.717) is 23.6 Å². The second-order valence-corrected chi connectivity index (χ2v) is 12.0. The van der Waals surface area contributed by atoms with Crippen LogP contribution >= 0.6 is 0 Å². The first kappa shape index (κ1) is 33.5. The quantitative estimate of drug-likeness (QED) is 0.0721. The maximum Gasteiger partial charge on any atom is 0.432 e. The molecule has 0 heterocycles. The van der Waals surface area contributed by atoms with Gasteiger partial charge in [0, 0.05) is 17.7 Å². The number of hydrogen-bond donors (Lipinski definition) is 0. The van der Waals surface area contributed by atoms with E-state index in [0.717, 1.165) is 24.3 Å². The second kappa shape index (κ2) is 14.3. The maximum atomic E-state index is 15.3. The molecule has 46 heavy (non-hydrogen) atoms. The average Bonchev–Trinajstić information content (AvgIpc) is 3.25. The Hall–Kier alpha value is -3.88. The molecule has 0 aromatic heterocycles. The zero-order valence-corrected chi connectivity index (χ0v) is 25.3. The standard InChI is InChI=1S/C37H34F8O/c1-2-3-4-6-22-7-5-8-23(10-9-22)24-11-13-25(14-12-24)26-15-16-29(30(38)17-26)27-18-31(39)35(32(40)19-27)37(44,45)46-28-20-33(41)36(43)34(42)21-28/h11-23H,2-10H2,1H3. The van der Waals surface area contributed by atoms with Crippen LogP contribution in [0.2, 0.25) is 0 Å². The SMILES string of the molecule is CCCCCC1CCCC(c2ccc(-c3ccc(-c4cc(F)c(C(F)(F)Oc5cc(F)c(F)c(F)c5)c(F)c4)c(F)c3)cc2)CC1. The molecule has 0 spiro atoms. The van der Waals surface area contributed by atoms with Gasteiger partial charge in [0.25, 0.3) is 0 Å². The number of rotatable bonds is 10. The Bertz CT molecular complexity index is 1620. The molecule has 2 unspecified atom stereocenters. The Kier molecular flexibility index (Phi) is 10.4. The lowest BCUT2D eigenvalue weighted by molar-refractivity contribution is -0.189. The molecule has 244 valence electrons. The summed E-state index contributed by atoms with van der Waals surface area (Å²) in [5, 5.41) is 0. The molecule has 0 saturated heterocycles. The van der Waals surface area contributed by atoms with Crippen molar-refractivity contribution in [3.05, 3.63) is 113 Å². The van der Waals surface area contributed by atoms with Crippen molar-refractivity contribution < 1.29 is 39.9 Å². The van der Waals surface area contributed by atoms with Gasteiger partial charge in [0.15, 0.2) is 17.5 Å². The van der Waals surface area contributed by atoms with Gasteiger partial charge in [0.2, 0.25) is 0 Å². The van der Waals surface area contributed by atoms with Gasteiger partial charge in [-0.2, -0.15) is 8.78 Å². The summed E-state index contributed by atoms with van der Waals surface area (Å²) in [7, 11) is 0. The summed E-state index contributed by atoms with van der Waals surface area (Å²) in [4.78, 5) is 0. The van der Waals surface area contributed by atoms with Crippen LogP contribution in [0.1, 0.15) is 81.8 Å². The molecule has 0 N–H and O–H groups in total. The Morgan fingerprint density at radius 1 is 0.652 bits per heavy atom. The van der Waals surface area contributed by atoms with Crippen molar-refractivity contribution in [2.24, 2.45) is 5.92 Å². The van der Waals surface area contributed by atoms with E-state index in [4.69, 9.17) is 0 Å². The van der Waals surface area contributed by atoms with E-state index in [-0.39, 0.29) is 23.3 Å². The van der Waals surface area contributed by atoms with Crippen molar-refractivity contribution in [1.29, 1.82) is 0 Å². The summed E-state index contributed by atoms with van der Waals surface area (Å²) in [5.41, 5.74) is 0.0767. The van der Waals surface area contributed by atoms with Crippen molar-refractivity contribution in [3.63, 3.8) is 0 Å². The highest BCUT2D eigenvalue weighted by atomic mass is 19.3. The largest absolute Gasteiger partial charge is 0.432 e. The van der Waals surface area contributed by atoms with Gasteiger partial charge in [-0.1, -0.05) is 81.8 Å². The summed E-state index contributed by atoms with van der Waals surface area (Å²) in [6, 6.07) is 13.3. The van der Waals surface area contributed by atoms with Crippen molar-refractivity contribution in [2.45, 2.75) is 76.7 Å². The van der Waals surface area contributed by atoms with E-state index in [1.54, 1.807) is 6.07 Å². The number of alkyl halides is 2. The fraction of sp³-hybridized carbons (Fsp3) is 0.351. The van der Waals surface area contributed by atoms with E-state index in [2.05, 4.69) is 23.8 Å². The lowest BCUT2D eigenvalue weighted by Crippen LogP contribution is -2.25. The highest BCUT2D eigenvalue weighted by Gasteiger charge is 2.41. The fourth-order valence-electron chi connectivity index (χ4n) is 6.36. The summed E-state index contributed by atoms with van der Waals surface area (Å²) in [6.45, 7) is 2.22. The predicted molar refractivity (Wildman–Crippen MR) is 161 cm³/mol. The Labute approximate surface area is 263 Å². The molecular formula is C37H34F8O. The number of hydrogen-bond acceptors (Lipinski definition) is 1. The van der Waals surface area contributed by atoms with E-state index in [1.807, 2.05) is 12.1 Å². The van der Waals surface area contributed by atoms with E-state index in [1.165, 1.54) is 62.6 Å². The van der Waals surface area contributed by atoms with Gasteiger partial charge in [-0.15, -0.1) is 0 Å². The number of ether oxygens (including phenoxy) is 1. The van der Waals surface area contributed by atoms with E-state index < -0.39 is 52.3 Å². The molecule has 0 radical (unpaired) electrons. The van der Waals surface area contributed by atoms with Gasteiger partial charge in [0.05, 0.1) is 0 Å². The third-order valence-electron chi connectivity index (χ3n) is 8.84. The van der Waals surface area contributed by atoms with Crippen LogP contribution in [0.3, 0.4) is 0 Å². The summed E-state index contributed by atoms with van der Waals surface area (Å²) >= 11 is 0. The monoisotopic (exact) mass is 646 g/mol. The summed E-state index contributed by atoms with van der Waals surface area (Å²) in [5.74, 6) is -9.91. The second-order valence-electron chi connectivity index (χ2n) is 12.0. The molecule has 1 nitrogen and oxygen atoms in total. The first-order valence-electron chi connectivity index (χ1n) is 15.6. The molecule has 1 aliphatic rings. The molecule has 2 atom stereocenters. The Balaban J connectivity index is 1.30. The molecule has 0 bridgehead atoms. The van der Waals surface area contributed by atoms with Crippen LogP contribution in [0, 0.1) is 40.8 Å². The van der Waals surface area contributed by atoms with Gasteiger partial charge in [-0.25, -0.2) is 26.3 Å². The lowest BCUT2D eigenvalue weighted by atomic mass is 9.89. The van der Waals surface area contributed by atoms with Crippen molar-refractivity contribution in [3.8, 4) is 28.0 Å². The zero-order chi connectivity index (χ0) is 33.0. The van der Waals surface area contributed by atoms with Gasteiger partial charge >= 0.3 is 6.11 Å². The van der Waals surface area contributed by atoms with Gasteiger partial charge in [-0.05, 0) is 71.6 Å². The Morgan fingerprint density at radius 2 is 1.28 bits per heavy atom. The zero-order valence-electron chi connectivity index (χ0n) is 25.3. The molecule has 0 amide bonds. The van der Waals surface area contributed by atoms with Crippen LogP contribution in [0.5, 0.6) is 5.75 Å². The minimum Gasteiger partial charge on any atom is -0.429 e. The third-order valence-corrected chi connectivity index (χ3v) is 8.84. The van der Waals surface area contributed by atoms with Crippen LogP contribution in [-0.4, -0.2) is 0 Å². The molecule has 1 fully saturated rings. The molecular weight excluding hydrogens is 612 g/mol. The first-order valence-corrected chi connectivity index (χ1v) is 15.6. The molecule has 4 aromatic carbocycles. The average molecular weight is 647 g/mol. The maximum absolute atomic E-state index is 15.3. The van der Waals surface area contributed by atoms with Gasteiger partial charge in [-0.3, -0.25) is 0 Å². The highest BCUT2D eigenvalue weighted by molar-refractivity contribution is 5.71. The summed E-state index contributed by atoms with van der Waals surface area (Å²) in [6.07, 6.45) is 6.35. The van der Waals surface area contributed by atoms with Crippen LogP contribution in [-0.2, 0) is 6.11 Å². The number of benzene rings is 4. The molecule has 5 rings (SSSR count).